The maximum atomic E-state index is 12.2. The van der Waals surface area contributed by atoms with Crippen LogP contribution in [-0.2, 0) is 16.1 Å². The Bertz CT molecular complexity index is 876. The number of hydrogen-bond acceptors (Lipinski definition) is 6. The van der Waals surface area contributed by atoms with Gasteiger partial charge in [-0.2, -0.15) is 0 Å². The van der Waals surface area contributed by atoms with Crippen LogP contribution < -0.4 is 5.32 Å². The van der Waals surface area contributed by atoms with E-state index >= 15 is 0 Å². The van der Waals surface area contributed by atoms with Gasteiger partial charge in [0, 0.05) is 30.9 Å². The average Bonchev–Trinajstić information content (AvgIpc) is 3.45. The van der Waals surface area contributed by atoms with Gasteiger partial charge in [-0.1, -0.05) is 12.2 Å². The highest BCUT2D eigenvalue weighted by Gasteiger charge is 2.31. The van der Waals surface area contributed by atoms with Crippen molar-refractivity contribution in [1.82, 2.24) is 9.88 Å². The number of amides is 1. The van der Waals surface area contributed by atoms with Crippen LogP contribution in [0, 0.1) is 5.92 Å². The van der Waals surface area contributed by atoms with E-state index in [9.17, 15) is 9.59 Å². The number of carbonyl (C=O) groups is 2. The Labute approximate surface area is 162 Å². The highest BCUT2D eigenvalue weighted by molar-refractivity contribution is 7.21. The Hall–Kier alpha value is -2.51. The van der Waals surface area contributed by atoms with Crippen LogP contribution >= 0.6 is 11.3 Å². The first kappa shape index (κ1) is 19.3. The van der Waals surface area contributed by atoms with Gasteiger partial charge in [0.25, 0.3) is 0 Å². The topological polar surface area (TPSA) is 71.5 Å². The van der Waals surface area contributed by atoms with Crippen molar-refractivity contribution in [2.75, 3.05) is 25.5 Å². The largest absolute Gasteiger partial charge is 0.465 e. The van der Waals surface area contributed by atoms with Gasteiger partial charge in [0.05, 0.1) is 18.5 Å². The normalized spacial score (nSPS) is 13.6. The number of pyridine rings is 1. The molecule has 27 heavy (non-hydrogen) atoms. The Kier molecular flexibility index (Phi) is 6.03. The third-order valence-corrected chi connectivity index (χ3v) is 5.42. The number of carbonyl (C=O) groups excluding carboxylic acids is 2. The first-order valence-corrected chi connectivity index (χ1v) is 9.64. The molecule has 1 amide bonds. The monoisotopic (exact) mass is 385 g/mol. The summed E-state index contributed by atoms with van der Waals surface area (Å²) in [5.74, 6) is -0.471. The van der Waals surface area contributed by atoms with Gasteiger partial charge in [-0.25, -0.2) is 9.78 Å². The second-order valence-electron chi connectivity index (χ2n) is 6.49. The molecule has 0 aliphatic heterocycles. The highest BCUT2D eigenvalue weighted by atomic mass is 32.1. The predicted molar refractivity (Wildman–Crippen MR) is 108 cm³/mol. The molecule has 0 radical (unpaired) electrons. The van der Waals surface area contributed by atoms with E-state index < -0.39 is 5.97 Å². The van der Waals surface area contributed by atoms with Crippen LogP contribution in [0.3, 0.4) is 0 Å². The molecule has 1 fully saturated rings. The molecule has 7 heteroatoms. The number of nitrogens with one attached hydrogen (secondary N) is 1. The molecule has 2 aromatic heterocycles. The third kappa shape index (κ3) is 4.43. The van der Waals surface area contributed by atoms with E-state index in [1.165, 1.54) is 18.4 Å². The van der Waals surface area contributed by atoms with Gasteiger partial charge in [0.1, 0.15) is 9.71 Å². The van der Waals surface area contributed by atoms with Crippen LogP contribution in [0.15, 0.2) is 37.4 Å². The number of fused-ring (bicyclic) bond motifs is 1. The van der Waals surface area contributed by atoms with Crippen molar-refractivity contribution >= 4 is 39.1 Å². The molecule has 142 valence electrons. The van der Waals surface area contributed by atoms with Gasteiger partial charge in [-0.15, -0.1) is 24.5 Å². The minimum absolute atomic E-state index is 0.0454. The number of esters is 1. The Morgan fingerprint density at radius 2 is 2.04 bits per heavy atom. The van der Waals surface area contributed by atoms with Gasteiger partial charge in [0.2, 0.25) is 5.91 Å². The lowest BCUT2D eigenvalue weighted by molar-refractivity contribution is -0.117. The number of nitrogens with zero attached hydrogens (tertiary/aromatic N) is 2. The van der Waals surface area contributed by atoms with E-state index in [0.717, 1.165) is 37.0 Å². The summed E-state index contributed by atoms with van der Waals surface area (Å²) in [5.41, 5.74) is 1.38. The van der Waals surface area contributed by atoms with Crippen molar-refractivity contribution in [1.29, 1.82) is 0 Å². The highest BCUT2D eigenvalue weighted by Crippen LogP contribution is 2.38. The molecule has 0 saturated heterocycles. The summed E-state index contributed by atoms with van der Waals surface area (Å²) >= 11 is 1.24. The quantitative estimate of drug-likeness (QED) is 0.527. The van der Waals surface area contributed by atoms with E-state index in [1.54, 1.807) is 0 Å². The van der Waals surface area contributed by atoms with E-state index in [2.05, 4.69) is 23.4 Å². The zero-order chi connectivity index (χ0) is 19.4. The van der Waals surface area contributed by atoms with Gasteiger partial charge >= 0.3 is 5.97 Å². The van der Waals surface area contributed by atoms with Crippen LogP contribution in [0.1, 0.15) is 28.2 Å². The lowest BCUT2D eigenvalue weighted by atomic mass is 10.2. The SMILES string of the molecule is C=CCN(CC=C)Cc1ccc2c(NC(=O)C3CC3)c(C(=O)OC)sc2n1. The number of hydrogen-bond donors (Lipinski definition) is 1. The molecule has 6 nitrogen and oxygen atoms in total. The summed E-state index contributed by atoms with van der Waals surface area (Å²) in [6.45, 7) is 9.66. The maximum Gasteiger partial charge on any atom is 0.350 e. The predicted octanol–water partition coefficient (Wildman–Crippen LogP) is 3.61. The van der Waals surface area contributed by atoms with E-state index in [-0.39, 0.29) is 11.8 Å². The van der Waals surface area contributed by atoms with Gasteiger partial charge in [-0.05, 0) is 25.0 Å². The average molecular weight is 385 g/mol. The minimum Gasteiger partial charge on any atom is -0.465 e. The lowest BCUT2D eigenvalue weighted by Gasteiger charge is -2.18. The molecule has 2 aromatic rings. The zero-order valence-electron chi connectivity index (χ0n) is 15.4. The van der Waals surface area contributed by atoms with Crippen LogP contribution in [0.25, 0.3) is 10.2 Å². The fraction of sp³-hybridized carbons (Fsp3) is 0.350. The zero-order valence-corrected chi connectivity index (χ0v) is 16.2. The molecular formula is C20H23N3O3S. The van der Waals surface area contributed by atoms with Crippen molar-refractivity contribution in [2.24, 2.45) is 5.92 Å². The number of anilines is 1. The van der Waals surface area contributed by atoms with E-state index in [1.807, 2.05) is 24.3 Å². The summed E-state index contributed by atoms with van der Waals surface area (Å²) < 4.78 is 4.88. The minimum atomic E-state index is -0.467. The molecule has 1 aliphatic carbocycles. The van der Waals surface area contributed by atoms with Crippen molar-refractivity contribution < 1.29 is 14.3 Å². The van der Waals surface area contributed by atoms with Crippen molar-refractivity contribution in [3.05, 3.63) is 48.0 Å². The first-order valence-electron chi connectivity index (χ1n) is 8.83. The van der Waals surface area contributed by atoms with Crippen molar-refractivity contribution in [3.63, 3.8) is 0 Å². The summed E-state index contributed by atoms with van der Waals surface area (Å²) in [6.07, 6.45) is 5.47. The first-order chi connectivity index (χ1) is 13.1. The number of methoxy groups -OCH3 is 1. The van der Waals surface area contributed by atoms with E-state index in [0.29, 0.717) is 21.9 Å². The fourth-order valence-electron chi connectivity index (χ4n) is 2.83. The second kappa shape index (κ2) is 8.45. The number of thiophene rings is 1. The van der Waals surface area contributed by atoms with Crippen LogP contribution in [0.4, 0.5) is 5.69 Å². The molecule has 1 N–H and O–H groups in total. The van der Waals surface area contributed by atoms with Crippen LogP contribution in [0.5, 0.6) is 0 Å². The van der Waals surface area contributed by atoms with E-state index in [4.69, 9.17) is 9.72 Å². The van der Waals surface area contributed by atoms with Crippen molar-refractivity contribution in [3.8, 4) is 0 Å². The fourth-order valence-corrected chi connectivity index (χ4v) is 3.90. The molecule has 0 atom stereocenters. The smallest absolute Gasteiger partial charge is 0.350 e. The number of aromatic nitrogens is 1. The second-order valence-corrected chi connectivity index (χ2v) is 7.49. The Morgan fingerprint density at radius 1 is 1.33 bits per heavy atom. The molecule has 0 bridgehead atoms. The number of ether oxygens (including phenoxy) is 1. The van der Waals surface area contributed by atoms with Gasteiger partial charge < -0.3 is 10.1 Å². The van der Waals surface area contributed by atoms with Crippen LogP contribution in [0.2, 0.25) is 0 Å². The molecule has 1 aliphatic rings. The standard InChI is InChI=1S/C20H23N3O3S/c1-4-10-23(11-5-2)12-14-8-9-15-16(22-18(24)13-6-7-13)17(20(25)26-3)27-19(15)21-14/h4-5,8-9,13H,1-2,6-7,10-12H2,3H3,(H,22,24). The van der Waals surface area contributed by atoms with Gasteiger partial charge in [0.15, 0.2) is 0 Å². The molecular weight excluding hydrogens is 362 g/mol. The summed E-state index contributed by atoms with van der Waals surface area (Å²) in [7, 11) is 1.33. The molecule has 1 saturated carbocycles. The molecule has 0 spiro atoms. The summed E-state index contributed by atoms with van der Waals surface area (Å²) in [6, 6.07) is 3.82. The Morgan fingerprint density at radius 3 is 2.63 bits per heavy atom. The van der Waals surface area contributed by atoms with Crippen molar-refractivity contribution in [2.45, 2.75) is 19.4 Å². The molecule has 3 rings (SSSR count). The molecule has 2 heterocycles. The van der Waals surface area contributed by atoms with Gasteiger partial charge in [-0.3, -0.25) is 9.69 Å². The third-order valence-electron chi connectivity index (χ3n) is 4.34. The van der Waals surface area contributed by atoms with Crippen LogP contribution in [-0.4, -0.2) is 42.0 Å². The molecule has 0 aromatic carbocycles. The maximum absolute atomic E-state index is 12.2. The Balaban J connectivity index is 1.93. The summed E-state index contributed by atoms with van der Waals surface area (Å²) in [4.78, 5) is 32.3. The molecule has 0 unspecified atom stereocenters. The summed E-state index contributed by atoms with van der Waals surface area (Å²) in [5, 5.41) is 3.67. The number of rotatable bonds is 9. The lowest BCUT2D eigenvalue weighted by Crippen LogP contribution is -2.23.